The number of hydrogen-bond donors (Lipinski definition) is 3. The Labute approximate surface area is 108 Å². The summed E-state index contributed by atoms with van der Waals surface area (Å²) in [7, 11) is 0. The van der Waals surface area contributed by atoms with Gasteiger partial charge in [0.15, 0.2) is 4.77 Å². The molecule has 6 nitrogen and oxygen atoms in total. The number of imidazole rings is 1. The summed E-state index contributed by atoms with van der Waals surface area (Å²) in [5, 5.41) is 11.4. The number of nitriles is 1. The molecule has 92 valence electrons. The number of urea groups is 1. The van der Waals surface area contributed by atoms with Crippen molar-refractivity contribution in [3.05, 3.63) is 28.5 Å². The van der Waals surface area contributed by atoms with E-state index in [2.05, 4.69) is 16.4 Å². The van der Waals surface area contributed by atoms with Gasteiger partial charge in [0.1, 0.15) is 0 Å². The van der Waals surface area contributed by atoms with Gasteiger partial charge in [-0.15, -0.1) is 0 Å². The summed E-state index contributed by atoms with van der Waals surface area (Å²) < 4.78 is 2.37. The van der Waals surface area contributed by atoms with Gasteiger partial charge in [0.05, 0.1) is 22.7 Å². The van der Waals surface area contributed by atoms with Crippen LogP contribution in [0.5, 0.6) is 0 Å². The van der Waals surface area contributed by atoms with Crippen molar-refractivity contribution in [3.63, 3.8) is 0 Å². The highest BCUT2D eigenvalue weighted by Gasteiger charge is 2.05. The van der Waals surface area contributed by atoms with Crippen molar-refractivity contribution in [2.24, 2.45) is 5.73 Å². The maximum atomic E-state index is 10.6. The number of hydrogen-bond acceptors (Lipinski definition) is 3. The molecule has 1 heterocycles. The van der Waals surface area contributed by atoms with Crippen molar-refractivity contribution in [2.45, 2.75) is 6.54 Å². The molecular formula is C11H11N5OS. The minimum atomic E-state index is -0.570. The first-order valence-electron chi connectivity index (χ1n) is 5.28. The van der Waals surface area contributed by atoms with Gasteiger partial charge < -0.3 is 20.6 Å². The van der Waals surface area contributed by atoms with E-state index in [1.54, 1.807) is 12.1 Å². The van der Waals surface area contributed by atoms with E-state index >= 15 is 0 Å². The summed E-state index contributed by atoms with van der Waals surface area (Å²) in [6.07, 6.45) is 0. The second-order valence-electron chi connectivity index (χ2n) is 3.72. The molecule has 2 amide bonds. The highest BCUT2D eigenvalue weighted by atomic mass is 32.1. The van der Waals surface area contributed by atoms with Gasteiger partial charge in [-0.2, -0.15) is 5.26 Å². The number of nitrogens with two attached hydrogens (primary N) is 1. The van der Waals surface area contributed by atoms with Crippen LogP contribution >= 0.6 is 12.2 Å². The molecule has 4 N–H and O–H groups in total. The first-order valence-corrected chi connectivity index (χ1v) is 5.68. The summed E-state index contributed by atoms with van der Waals surface area (Å²) in [5.74, 6) is 0. The topological polar surface area (TPSA) is 99.6 Å². The normalized spacial score (nSPS) is 10.2. The Morgan fingerprint density at radius 1 is 1.61 bits per heavy atom. The third-order valence-corrected chi connectivity index (χ3v) is 2.86. The van der Waals surface area contributed by atoms with E-state index in [0.29, 0.717) is 23.4 Å². The summed E-state index contributed by atoms with van der Waals surface area (Å²) in [6.45, 7) is 0.879. The molecule has 1 aromatic carbocycles. The number of aromatic amines is 1. The van der Waals surface area contributed by atoms with E-state index in [9.17, 15) is 4.79 Å². The largest absolute Gasteiger partial charge is 0.352 e. The minimum absolute atomic E-state index is 0.382. The fraction of sp³-hybridized carbons (Fsp3) is 0.182. The Hall–Kier alpha value is -2.33. The summed E-state index contributed by atoms with van der Waals surface area (Å²) in [6, 6.07) is 6.79. The molecule has 0 spiro atoms. The number of amides is 2. The van der Waals surface area contributed by atoms with Crippen LogP contribution < -0.4 is 11.1 Å². The van der Waals surface area contributed by atoms with Gasteiger partial charge in [-0.1, -0.05) is 0 Å². The Morgan fingerprint density at radius 3 is 3.06 bits per heavy atom. The van der Waals surface area contributed by atoms with E-state index in [0.717, 1.165) is 11.0 Å². The fourth-order valence-electron chi connectivity index (χ4n) is 1.74. The van der Waals surface area contributed by atoms with Crippen LogP contribution in [0.4, 0.5) is 4.79 Å². The third kappa shape index (κ3) is 2.33. The molecule has 1 aromatic heterocycles. The first kappa shape index (κ1) is 12.1. The van der Waals surface area contributed by atoms with Gasteiger partial charge in [0.2, 0.25) is 0 Å². The number of fused-ring (bicyclic) bond motifs is 1. The quantitative estimate of drug-likeness (QED) is 0.725. The number of benzene rings is 1. The van der Waals surface area contributed by atoms with Crippen molar-refractivity contribution < 1.29 is 4.79 Å². The van der Waals surface area contributed by atoms with Crippen LogP contribution in [0.1, 0.15) is 5.56 Å². The molecule has 0 aliphatic heterocycles. The van der Waals surface area contributed by atoms with E-state index < -0.39 is 6.03 Å². The van der Waals surface area contributed by atoms with Gasteiger partial charge in [-0.25, -0.2) is 4.79 Å². The van der Waals surface area contributed by atoms with E-state index in [4.69, 9.17) is 23.2 Å². The molecule has 2 aromatic rings. The maximum absolute atomic E-state index is 10.6. The third-order valence-electron chi connectivity index (χ3n) is 2.54. The monoisotopic (exact) mass is 261 g/mol. The Morgan fingerprint density at radius 2 is 2.39 bits per heavy atom. The number of aromatic nitrogens is 2. The number of carbonyl (C=O) groups is 1. The Bertz CT molecular complexity index is 694. The van der Waals surface area contributed by atoms with Crippen LogP contribution in [-0.4, -0.2) is 22.1 Å². The summed E-state index contributed by atoms with van der Waals surface area (Å²) in [5.41, 5.74) is 7.25. The molecule has 18 heavy (non-hydrogen) atoms. The predicted octanol–water partition coefficient (Wildman–Crippen LogP) is 1.24. The van der Waals surface area contributed by atoms with Crippen LogP contribution in [0.2, 0.25) is 0 Å². The average molecular weight is 261 g/mol. The molecule has 0 bridgehead atoms. The van der Waals surface area contributed by atoms with Gasteiger partial charge in [-0.05, 0) is 30.4 Å². The summed E-state index contributed by atoms with van der Waals surface area (Å²) in [4.78, 5) is 13.6. The van der Waals surface area contributed by atoms with Crippen molar-refractivity contribution >= 4 is 29.3 Å². The van der Waals surface area contributed by atoms with Crippen LogP contribution in [0.15, 0.2) is 18.2 Å². The first-order chi connectivity index (χ1) is 8.61. The van der Waals surface area contributed by atoms with Crippen molar-refractivity contribution in [2.75, 3.05) is 6.54 Å². The van der Waals surface area contributed by atoms with E-state index in [-0.39, 0.29) is 0 Å². The second-order valence-corrected chi connectivity index (χ2v) is 4.10. The lowest BCUT2D eigenvalue weighted by Gasteiger charge is -2.04. The zero-order valence-electron chi connectivity index (χ0n) is 9.43. The van der Waals surface area contributed by atoms with Gasteiger partial charge in [0.25, 0.3) is 0 Å². The standard InChI is InChI=1S/C11H11N5OS/c12-6-7-1-2-8-9(5-7)16(11(18)15-8)4-3-14-10(13)17/h1-2,5H,3-4H2,(H,15,18)(H3,13,14,17). The van der Waals surface area contributed by atoms with Gasteiger partial charge in [0, 0.05) is 13.1 Å². The molecule has 0 aliphatic carbocycles. The molecule has 0 unspecified atom stereocenters. The molecule has 0 atom stereocenters. The Kier molecular flexibility index (Phi) is 3.30. The van der Waals surface area contributed by atoms with E-state index in [1.165, 1.54) is 0 Å². The molecule has 0 saturated carbocycles. The lowest BCUT2D eigenvalue weighted by molar-refractivity contribution is 0.248. The average Bonchev–Trinajstić information content (AvgIpc) is 2.64. The molecule has 0 aliphatic rings. The molecule has 0 fully saturated rings. The molecule has 0 radical (unpaired) electrons. The smallest absolute Gasteiger partial charge is 0.312 e. The number of primary amides is 1. The highest BCUT2D eigenvalue weighted by molar-refractivity contribution is 7.71. The summed E-state index contributed by atoms with van der Waals surface area (Å²) >= 11 is 5.19. The second kappa shape index (κ2) is 4.89. The van der Waals surface area contributed by atoms with Crippen LogP contribution in [0.25, 0.3) is 11.0 Å². The zero-order valence-corrected chi connectivity index (χ0v) is 10.3. The zero-order chi connectivity index (χ0) is 13.1. The Balaban J connectivity index is 2.36. The minimum Gasteiger partial charge on any atom is -0.352 e. The van der Waals surface area contributed by atoms with Crippen LogP contribution in [0, 0.1) is 16.1 Å². The molecule has 0 saturated heterocycles. The van der Waals surface area contributed by atoms with Crippen LogP contribution in [-0.2, 0) is 6.54 Å². The molecular weight excluding hydrogens is 250 g/mol. The maximum Gasteiger partial charge on any atom is 0.312 e. The fourth-order valence-corrected chi connectivity index (χ4v) is 2.03. The number of nitrogens with one attached hydrogen (secondary N) is 2. The van der Waals surface area contributed by atoms with Crippen LogP contribution in [0.3, 0.4) is 0 Å². The predicted molar refractivity (Wildman–Crippen MR) is 69.4 cm³/mol. The van der Waals surface area contributed by atoms with E-state index in [1.807, 2.05) is 10.6 Å². The lowest BCUT2D eigenvalue weighted by Crippen LogP contribution is -2.32. The number of H-pyrrole nitrogens is 1. The molecule has 2 rings (SSSR count). The van der Waals surface area contributed by atoms with Crippen molar-refractivity contribution in [3.8, 4) is 6.07 Å². The lowest BCUT2D eigenvalue weighted by atomic mass is 10.2. The number of nitrogens with zero attached hydrogens (tertiary/aromatic N) is 2. The molecule has 7 heteroatoms. The van der Waals surface area contributed by atoms with Crippen molar-refractivity contribution in [1.29, 1.82) is 5.26 Å². The number of carbonyl (C=O) groups excluding carboxylic acids is 1. The highest BCUT2D eigenvalue weighted by Crippen LogP contribution is 2.15. The SMILES string of the molecule is N#Cc1ccc2[nH]c(=S)n(CCNC(N)=O)c2c1. The van der Waals surface area contributed by atoms with Gasteiger partial charge in [-0.3, -0.25) is 0 Å². The van der Waals surface area contributed by atoms with Gasteiger partial charge >= 0.3 is 6.03 Å². The van der Waals surface area contributed by atoms with Crippen molar-refractivity contribution in [1.82, 2.24) is 14.9 Å². The number of rotatable bonds is 3.